The van der Waals surface area contributed by atoms with E-state index in [4.69, 9.17) is 16.3 Å². The molecule has 1 aromatic heterocycles. The van der Waals surface area contributed by atoms with E-state index in [1.54, 1.807) is 13.0 Å². The normalized spacial score (nSPS) is 14.1. The number of ether oxygens (including phenoxy) is 1. The summed E-state index contributed by atoms with van der Waals surface area (Å²) in [6, 6.07) is 1.69. The lowest BCUT2D eigenvalue weighted by Gasteiger charge is -2.11. The number of amides is 1. The van der Waals surface area contributed by atoms with Gasteiger partial charge in [0.05, 0.1) is 6.54 Å². The van der Waals surface area contributed by atoms with E-state index in [2.05, 4.69) is 23.8 Å². The highest BCUT2D eigenvalue weighted by atomic mass is 35.5. The van der Waals surface area contributed by atoms with Crippen LogP contribution in [0.25, 0.3) is 0 Å². The van der Waals surface area contributed by atoms with Gasteiger partial charge in [-0.2, -0.15) is 0 Å². The second kappa shape index (κ2) is 6.39. The highest BCUT2D eigenvalue weighted by Crippen LogP contribution is 2.18. The van der Waals surface area contributed by atoms with Gasteiger partial charge in [-0.25, -0.2) is 14.8 Å². The van der Waals surface area contributed by atoms with Crippen LogP contribution in [0.15, 0.2) is 6.07 Å². The predicted octanol–water partition coefficient (Wildman–Crippen LogP) is 2.81. The molecule has 6 heteroatoms. The molecule has 1 saturated heterocycles. The molecule has 1 aliphatic rings. The number of carbonyl (C=O) groups excluding carboxylic acids is 1. The number of aryl methyl sites for hydroxylation is 1. The third kappa shape index (κ3) is 3.85. The van der Waals surface area contributed by atoms with Crippen molar-refractivity contribution in [2.24, 2.45) is 0 Å². The minimum Gasteiger partial charge on any atom is -0.447 e. The molecule has 1 fully saturated rings. The first-order valence-electron chi connectivity index (χ1n) is 5.54. The van der Waals surface area contributed by atoms with Crippen molar-refractivity contribution in [2.75, 3.05) is 18.1 Å². The highest BCUT2D eigenvalue weighted by molar-refractivity contribution is 6.28. The lowest BCUT2D eigenvalue weighted by Crippen LogP contribution is -2.24. The fraction of sp³-hybridized carbons (Fsp3) is 0.545. The summed E-state index contributed by atoms with van der Waals surface area (Å²) in [6.07, 6.45) is 0.860. The summed E-state index contributed by atoms with van der Waals surface area (Å²) in [6.45, 7) is 6.93. The van der Waals surface area contributed by atoms with Gasteiger partial charge in [0.2, 0.25) is 5.28 Å². The van der Waals surface area contributed by atoms with Crippen molar-refractivity contribution < 1.29 is 9.53 Å². The summed E-state index contributed by atoms with van der Waals surface area (Å²) in [4.78, 5) is 20.5. The van der Waals surface area contributed by atoms with Crippen LogP contribution >= 0.6 is 11.6 Å². The van der Waals surface area contributed by atoms with Crippen LogP contribution in [0.2, 0.25) is 5.28 Å². The largest absolute Gasteiger partial charge is 0.447 e. The van der Waals surface area contributed by atoms with Gasteiger partial charge in [-0.3, -0.25) is 4.90 Å². The summed E-state index contributed by atoms with van der Waals surface area (Å²) in [5.41, 5.74) is 0.722. The fourth-order valence-corrected chi connectivity index (χ4v) is 1.48. The Labute approximate surface area is 106 Å². The molecule has 0 unspecified atom stereocenters. The van der Waals surface area contributed by atoms with E-state index in [1.807, 2.05) is 0 Å². The summed E-state index contributed by atoms with van der Waals surface area (Å²) in [7, 11) is 0. The van der Waals surface area contributed by atoms with E-state index in [9.17, 15) is 4.79 Å². The number of hydrogen-bond donors (Lipinski definition) is 0. The maximum atomic E-state index is 11.2. The summed E-state index contributed by atoms with van der Waals surface area (Å²) < 4.78 is 4.78. The number of cyclic esters (lactones) is 1. The van der Waals surface area contributed by atoms with E-state index in [-0.39, 0.29) is 11.4 Å². The number of nitrogens with zero attached hydrogens (tertiary/aromatic N) is 3. The maximum absolute atomic E-state index is 11.2. The van der Waals surface area contributed by atoms with Crippen LogP contribution in [0.3, 0.4) is 0 Å². The van der Waals surface area contributed by atoms with Gasteiger partial charge in [0.15, 0.2) is 0 Å². The molecule has 0 bridgehead atoms. The summed E-state index contributed by atoms with van der Waals surface area (Å²) in [5.74, 6) is 0.491. The molecule has 2 rings (SSSR count). The minimum atomic E-state index is -0.390. The minimum absolute atomic E-state index is 0.139. The van der Waals surface area contributed by atoms with Gasteiger partial charge >= 0.3 is 6.09 Å². The van der Waals surface area contributed by atoms with Crippen molar-refractivity contribution >= 4 is 23.5 Å². The number of anilines is 1. The lowest BCUT2D eigenvalue weighted by molar-refractivity contribution is 0.181. The fourth-order valence-electron chi connectivity index (χ4n) is 1.26. The zero-order valence-electron chi connectivity index (χ0n) is 10.2. The SMILES string of the molecule is CCC.Cc1cc(N2CCOC2=O)nc(Cl)n1. The van der Waals surface area contributed by atoms with Gasteiger partial charge in [-0.15, -0.1) is 0 Å². The molecule has 2 heterocycles. The first-order chi connectivity index (χ1) is 8.08. The van der Waals surface area contributed by atoms with E-state index in [1.165, 1.54) is 11.3 Å². The monoisotopic (exact) mass is 257 g/mol. The molecule has 0 N–H and O–H groups in total. The van der Waals surface area contributed by atoms with Gasteiger partial charge in [0.1, 0.15) is 12.4 Å². The standard InChI is InChI=1S/C8H8ClN3O2.C3H8/c1-5-4-6(11-7(9)10-5)12-2-3-14-8(12)13;1-3-2/h4H,2-3H2,1H3;3H2,1-2H3. The molecule has 0 saturated carbocycles. The molecule has 17 heavy (non-hydrogen) atoms. The molecule has 1 aliphatic heterocycles. The van der Waals surface area contributed by atoms with Crippen LogP contribution in [0.1, 0.15) is 26.0 Å². The molecule has 5 nitrogen and oxygen atoms in total. The third-order valence-corrected chi connectivity index (χ3v) is 2.02. The van der Waals surface area contributed by atoms with Gasteiger partial charge in [-0.1, -0.05) is 20.3 Å². The molecule has 1 aromatic rings. The Morgan fingerprint density at radius 1 is 1.47 bits per heavy atom. The van der Waals surface area contributed by atoms with Crippen LogP contribution in [0.4, 0.5) is 10.6 Å². The summed E-state index contributed by atoms with van der Waals surface area (Å²) in [5, 5.41) is 0.139. The van der Waals surface area contributed by atoms with Crippen LogP contribution in [0.5, 0.6) is 0 Å². The van der Waals surface area contributed by atoms with Crippen LogP contribution in [-0.4, -0.2) is 29.2 Å². The van der Waals surface area contributed by atoms with Crippen molar-refractivity contribution in [3.05, 3.63) is 17.0 Å². The van der Waals surface area contributed by atoms with Crippen LogP contribution in [-0.2, 0) is 4.74 Å². The summed E-state index contributed by atoms with van der Waals surface area (Å²) >= 11 is 5.68. The van der Waals surface area contributed by atoms with Gasteiger partial charge in [0, 0.05) is 11.8 Å². The quantitative estimate of drug-likeness (QED) is 0.726. The van der Waals surface area contributed by atoms with E-state index >= 15 is 0 Å². The molecule has 0 aliphatic carbocycles. The Hall–Kier alpha value is -1.36. The first kappa shape index (κ1) is 13.7. The first-order valence-corrected chi connectivity index (χ1v) is 5.91. The number of aromatic nitrogens is 2. The second-order valence-corrected chi connectivity index (χ2v) is 3.95. The Kier molecular flexibility index (Phi) is 5.15. The Morgan fingerprint density at radius 3 is 2.59 bits per heavy atom. The highest BCUT2D eigenvalue weighted by Gasteiger charge is 2.25. The van der Waals surface area contributed by atoms with Crippen molar-refractivity contribution in [3.8, 4) is 0 Å². The Morgan fingerprint density at radius 2 is 2.12 bits per heavy atom. The smallest absolute Gasteiger partial charge is 0.415 e. The molecular formula is C11H16ClN3O2. The molecule has 0 atom stereocenters. The molecule has 94 valence electrons. The van der Waals surface area contributed by atoms with Crippen LogP contribution in [0, 0.1) is 6.92 Å². The molecule has 0 radical (unpaired) electrons. The van der Waals surface area contributed by atoms with Crippen molar-refractivity contribution in [2.45, 2.75) is 27.2 Å². The Bertz CT molecular complexity index is 378. The lowest BCUT2D eigenvalue weighted by atomic mass is 10.4. The molecule has 1 amide bonds. The molecular weight excluding hydrogens is 242 g/mol. The van der Waals surface area contributed by atoms with Crippen LogP contribution < -0.4 is 4.90 Å². The predicted molar refractivity (Wildman–Crippen MR) is 66.4 cm³/mol. The topological polar surface area (TPSA) is 55.3 Å². The Balaban J connectivity index is 0.000000437. The zero-order valence-corrected chi connectivity index (χ0v) is 11.0. The molecule has 0 aromatic carbocycles. The van der Waals surface area contributed by atoms with Crippen molar-refractivity contribution in [1.29, 1.82) is 0 Å². The van der Waals surface area contributed by atoms with Gasteiger partial charge in [-0.05, 0) is 18.5 Å². The van der Waals surface area contributed by atoms with Gasteiger partial charge < -0.3 is 4.74 Å². The van der Waals surface area contributed by atoms with E-state index in [0.29, 0.717) is 19.0 Å². The number of hydrogen-bond acceptors (Lipinski definition) is 4. The van der Waals surface area contributed by atoms with Gasteiger partial charge in [0.25, 0.3) is 0 Å². The number of carbonyl (C=O) groups is 1. The third-order valence-electron chi connectivity index (χ3n) is 1.85. The van der Waals surface area contributed by atoms with Crippen molar-refractivity contribution in [1.82, 2.24) is 9.97 Å². The maximum Gasteiger partial charge on any atom is 0.415 e. The number of rotatable bonds is 1. The van der Waals surface area contributed by atoms with E-state index < -0.39 is 0 Å². The van der Waals surface area contributed by atoms with E-state index in [0.717, 1.165) is 5.69 Å². The second-order valence-electron chi connectivity index (χ2n) is 3.61. The molecule has 0 spiro atoms. The average Bonchev–Trinajstić information content (AvgIpc) is 2.64. The number of halogens is 1. The average molecular weight is 258 g/mol. The zero-order chi connectivity index (χ0) is 12.8. The van der Waals surface area contributed by atoms with Crippen molar-refractivity contribution in [3.63, 3.8) is 0 Å².